The standard InChI is InChI=1S/C25H31N3O3/c1-15(2)19-9-11-21(12-10-19)25(6)23(30)28(24(31)27-25)14-22(29)26-18(5)20-8-7-16(3)17(4)13-20/h7-13,15,18H,14H2,1-6H3,(H,26,29)(H,27,31)/t18-,25-/m1/s1. The van der Waals surface area contributed by atoms with E-state index in [2.05, 4.69) is 24.5 Å². The SMILES string of the molecule is Cc1ccc([C@@H](C)NC(=O)CN2C(=O)N[C@](C)(c3ccc(C(C)C)cc3)C2=O)cc1C. The molecular formula is C25H31N3O3. The molecule has 1 aliphatic heterocycles. The Kier molecular flexibility index (Phi) is 6.20. The van der Waals surface area contributed by atoms with Gasteiger partial charge in [0.2, 0.25) is 5.91 Å². The molecule has 2 atom stereocenters. The Morgan fingerprint density at radius 2 is 1.61 bits per heavy atom. The maximum atomic E-state index is 13.1. The molecule has 0 aromatic heterocycles. The molecule has 0 radical (unpaired) electrons. The number of aryl methyl sites for hydroxylation is 2. The van der Waals surface area contributed by atoms with Crippen LogP contribution in [0, 0.1) is 13.8 Å². The molecule has 0 spiro atoms. The van der Waals surface area contributed by atoms with E-state index in [1.54, 1.807) is 6.92 Å². The van der Waals surface area contributed by atoms with Crippen LogP contribution < -0.4 is 10.6 Å². The summed E-state index contributed by atoms with van der Waals surface area (Å²) < 4.78 is 0. The Balaban J connectivity index is 1.70. The zero-order chi connectivity index (χ0) is 22.9. The van der Waals surface area contributed by atoms with E-state index in [1.807, 2.05) is 63.2 Å². The lowest BCUT2D eigenvalue weighted by molar-refractivity contribution is -0.135. The average molecular weight is 422 g/mol. The highest BCUT2D eigenvalue weighted by molar-refractivity contribution is 6.09. The molecule has 3 rings (SSSR count). The number of nitrogens with one attached hydrogen (secondary N) is 2. The van der Waals surface area contributed by atoms with E-state index < -0.39 is 17.5 Å². The van der Waals surface area contributed by atoms with Gasteiger partial charge < -0.3 is 10.6 Å². The average Bonchev–Trinajstić information content (AvgIpc) is 2.94. The van der Waals surface area contributed by atoms with Gasteiger partial charge in [-0.15, -0.1) is 0 Å². The quantitative estimate of drug-likeness (QED) is 0.690. The van der Waals surface area contributed by atoms with Gasteiger partial charge in [0.25, 0.3) is 5.91 Å². The van der Waals surface area contributed by atoms with E-state index in [1.165, 1.54) is 5.56 Å². The largest absolute Gasteiger partial charge is 0.348 e. The Hall–Kier alpha value is -3.15. The van der Waals surface area contributed by atoms with E-state index >= 15 is 0 Å². The molecule has 0 saturated carbocycles. The van der Waals surface area contributed by atoms with Crippen LogP contribution in [0.4, 0.5) is 4.79 Å². The van der Waals surface area contributed by atoms with Crippen molar-refractivity contribution in [3.8, 4) is 0 Å². The monoisotopic (exact) mass is 421 g/mol. The summed E-state index contributed by atoms with van der Waals surface area (Å²) in [5.41, 5.74) is 3.97. The van der Waals surface area contributed by atoms with Crippen molar-refractivity contribution in [1.29, 1.82) is 0 Å². The molecule has 4 amide bonds. The summed E-state index contributed by atoms with van der Waals surface area (Å²) in [5.74, 6) is -0.437. The topological polar surface area (TPSA) is 78.5 Å². The van der Waals surface area contributed by atoms with Crippen molar-refractivity contribution in [2.24, 2.45) is 0 Å². The summed E-state index contributed by atoms with van der Waals surface area (Å²) in [5, 5.41) is 5.64. The fourth-order valence-corrected chi connectivity index (χ4v) is 3.79. The Morgan fingerprint density at radius 3 is 2.19 bits per heavy atom. The highest BCUT2D eigenvalue weighted by atomic mass is 16.2. The smallest absolute Gasteiger partial charge is 0.325 e. The fourth-order valence-electron chi connectivity index (χ4n) is 3.79. The van der Waals surface area contributed by atoms with Crippen LogP contribution in [-0.4, -0.2) is 29.3 Å². The fraction of sp³-hybridized carbons (Fsp3) is 0.400. The van der Waals surface area contributed by atoms with Gasteiger partial charge in [-0.2, -0.15) is 0 Å². The second-order valence-electron chi connectivity index (χ2n) is 8.86. The highest BCUT2D eigenvalue weighted by Crippen LogP contribution is 2.30. The summed E-state index contributed by atoms with van der Waals surface area (Å²) in [4.78, 5) is 39.2. The summed E-state index contributed by atoms with van der Waals surface area (Å²) in [7, 11) is 0. The Bertz CT molecular complexity index is 1010. The normalized spacial score (nSPS) is 19.5. The third-order valence-corrected chi connectivity index (χ3v) is 6.14. The third-order valence-electron chi connectivity index (χ3n) is 6.14. The lowest BCUT2D eigenvalue weighted by Gasteiger charge is -2.23. The van der Waals surface area contributed by atoms with Crippen LogP contribution in [-0.2, 0) is 15.1 Å². The van der Waals surface area contributed by atoms with Crippen molar-refractivity contribution in [2.45, 2.75) is 59.0 Å². The third kappa shape index (κ3) is 4.48. The summed E-state index contributed by atoms with van der Waals surface area (Å²) in [6.45, 7) is 11.5. The van der Waals surface area contributed by atoms with Gasteiger partial charge in [0.15, 0.2) is 0 Å². The Morgan fingerprint density at radius 1 is 1.00 bits per heavy atom. The van der Waals surface area contributed by atoms with E-state index in [4.69, 9.17) is 0 Å². The first kappa shape index (κ1) is 22.5. The number of hydrogen-bond donors (Lipinski definition) is 2. The molecule has 0 bridgehead atoms. The first-order chi connectivity index (χ1) is 14.5. The van der Waals surface area contributed by atoms with Gasteiger partial charge in [0.05, 0.1) is 6.04 Å². The molecular weight excluding hydrogens is 390 g/mol. The Labute approximate surface area is 184 Å². The second kappa shape index (κ2) is 8.53. The van der Waals surface area contributed by atoms with Crippen molar-refractivity contribution < 1.29 is 14.4 Å². The minimum atomic E-state index is -1.19. The molecule has 2 aromatic rings. The zero-order valence-corrected chi connectivity index (χ0v) is 19.1. The maximum absolute atomic E-state index is 13.1. The van der Waals surface area contributed by atoms with Crippen molar-refractivity contribution in [1.82, 2.24) is 15.5 Å². The number of carbonyl (C=O) groups is 3. The van der Waals surface area contributed by atoms with Crippen LogP contribution in [0.25, 0.3) is 0 Å². The van der Waals surface area contributed by atoms with Crippen molar-refractivity contribution >= 4 is 17.8 Å². The number of hydrogen-bond acceptors (Lipinski definition) is 3. The number of amides is 4. The molecule has 31 heavy (non-hydrogen) atoms. The lowest BCUT2D eigenvalue weighted by Crippen LogP contribution is -2.43. The highest BCUT2D eigenvalue weighted by Gasteiger charge is 2.49. The summed E-state index contributed by atoms with van der Waals surface area (Å²) in [6, 6.07) is 12.9. The molecule has 1 aliphatic rings. The second-order valence-corrected chi connectivity index (χ2v) is 8.86. The first-order valence-electron chi connectivity index (χ1n) is 10.6. The molecule has 0 aliphatic carbocycles. The maximum Gasteiger partial charge on any atom is 0.325 e. The molecule has 1 saturated heterocycles. The van der Waals surface area contributed by atoms with E-state index in [0.717, 1.165) is 21.6 Å². The van der Waals surface area contributed by atoms with Gasteiger partial charge in [-0.05, 0) is 61.4 Å². The molecule has 6 nitrogen and oxygen atoms in total. The number of carbonyl (C=O) groups excluding carboxylic acids is 3. The van der Waals surface area contributed by atoms with Crippen LogP contribution in [0.15, 0.2) is 42.5 Å². The predicted molar refractivity (Wildman–Crippen MR) is 121 cm³/mol. The minimum absolute atomic E-state index is 0.234. The minimum Gasteiger partial charge on any atom is -0.348 e. The van der Waals surface area contributed by atoms with Gasteiger partial charge in [-0.1, -0.05) is 56.3 Å². The van der Waals surface area contributed by atoms with Crippen molar-refractivity contribution in [2.75, 3.05) is 6.54 Å². The first-order valence-corrected chi connectivity index (χ1v) is 10.6. The molecule has 6 heteroatoms. The van der Waals surface area contributed by atoms with Crippen LogP contribution >= 0.6 is 0 Å². The molecule has 2 aromatic carbocycles. The van der Waals surface area contributed by atoms with Crippen LogP contribution in [0.5, 0.6) is 0 Å². The van der Waals surface area contributed by atoms with Crippen LogP contribution in [0.1, 0.15) is 67.5 Å². The van der Waals surface area contributed by atoms with Crippen LogP contribution in [0.3, 0.4) is 0 Å². The molecule has 0 unspecified atom stereocenters. The van der Waals surface area contributed by atoms with Crippen molar-refractivity contribution in [3.05, 3.63) is 70.3 Å². The van der Waals surface area contributed by atoms with Gasteiger partial charge in [0, 0.05) is 0 Å². The number of rotatable bonds is 6. The van der Waals surface area contributed by atoms with Gasteiger partial charge in [0.1, 0.15) is 12.1 Å². The molecule has 2 N–H and O–H groups in total. The number of urea groups is 1. The zero-order valence-electron chi connectivity index (χ0n) is 19.1. The number of imide groups is 1. The molecule has 1 fully saturated rings. The van der Waals surface area contributed by atoms with E-state index in [9.17, 15) is 14.4 Å². The van der Waals surface area contributed by atoms with Crippen molar-refractivity contribution in [3.63, 3.8) is 0 Å². The summed E-state index contributed by atoms with van der Waals surface area (Å²) in [6.07, 6.45) is 0. The number of benzene rings is 2. The van der Waals surface area contributed by atoms with E-state index in [0.29, 0.717) is 11.5 Å². The van der Waals surface area contributed by atoms with Gasteiger partial charge in [-0.3, -0.25) is 14.5 Å². The van der Waals surface area contributed by atoms with Gasteiger partial charge >= 0.3 is 6.03 Å². The molecule has 164 valence electrons. The lowest BCUT2D eigenvalue weighted by atomic mass is 9.90. The van der Waals surface area contributed by atoms with Crippen LogP contribution in [0.2, 0.25) is 0 Å². The van der Waals surface area contributed by atoms with Gasteiger partial charge in [-0.25, -0.2) is 4.79 Å². The predicted octanol–water partition coefficient (Wildman–Crippen LogP) is 4.07. The molecule has 1 heterocycles. The summed E-state index contributed by atoms with van der Waals surface area (Å²) >= 11 is 0. The number of nitrogens with zero attached hydrogens (tertiary/aromatic N) is 1. The van der Waals surface area contributed by atoms with E-state index in [-0.39, 0.29) is 18.5 Å².